The van der Waals surface area contributed by atoms with E-state index in [1.165, 1.54) is 0 Å². The van der Waals surface area contributed by atoms with Gasteiger partial charge in [-0.25, -0.2) is 4.57 Å². The van der Waals surface area contributed by atoms with Crippen molar-refractivity contribution in [2.45, 2.75) is 19.3 Å². The van der Waals surface area contributed by atoms with Crippen LogP contribution >= 0.6 is 24.1 Å². The van der Waals surface area contributed by atoms with Gasteiger partial charge in [0, 0.05) is 6.42 Å². The van der Waals surface area contributed by atoms with Crippen molar-refractivity contribution in [3.05, 3.63) is 11.8 Å². The Morgan fingerprint density at radius 1 is 1.67 bits per heavy atom. The Balaban J connectivity index is 2.53. The number of allylic oxidation sites excluding steroid dienone is 2. The molecule has 0 bridgehead atoms. The monoisotopic (exact) mass is 260 g/mol. The van der Waals surface area contributed by atoms with Crippen LogP contribution in [0.3, 0.4) is 0 Å². The molecule has 1 aliphatic rings. The van der Waals surface area contributed by atoms with E-state index in [1.54, 1.807) is 6.08 Å². The van der Waals surface area contributed by atoms with E-state index in [1.807, 2.05) is 0 Å². The lowest BCUT2D eigenvalue weighted by Gasteiger charge is -2.09. The standard InChI is InChI=1S/C5H7BrFO4P/c6-10-12(8,11-7)9-5-3-1-2-4-5/h3H,1-2,4H2. The summed E-state index contributed by atoms with van der Waals surface area (Å²) >= 11 is 2.36. The van der Waals surface area contributed by atoms with Gasteiger partial charge in [-0.05, 0) is 23.4 Å². The van der Waals surface area contributed by atoms with Crippen LogP contribution in [-0.4, -0.2) is 0 Å². The minimum atomic E-state index is -4.05. The van der Waals surface area contributed by atoms with Gasteiger partial charge in [0.15, 0.2) is 0 Å². The fourth-order valence-corrected chi connectivity index (χ4v) is 1.75. The fraction of sp³-hybridized carbons (Fsp3) is 0.600. The summed E-state index contributed by atoms with van der Waals surface area (Å²) in [5, 5.41) is 0. The zero-order valence-electron chi connectivity index (χ0n) is 6.03. The minimum Gasteiger partial charge on any atom is -0.407 e. The van der Waals surface area contributed by atoms with Gasteiger partial charge in [0.2, 0.25) is 0 Å². The zero-order valence-corrected chi connectivity index (χ0v) is 8.52. The third-order valence-corrected chi connectivity index (χ3v) is 3.26. The highest BCUT2D eigenvalue weighted by atomic mass is 79.9. The van der Waals surface area contributed by atoms with Crippen LogP contribution in [0, 0.1) is 0 Å². The maximum Gasteiger partial charge on any atom is 0.572 e. The van der Waals surface area contributed by atoms with Crippen LogP contribution in [0.1, 0.15) is 19.3 Å². The highest BCUT2D eigenvalue weighted by molar-refractivity contribution is 9.06. The van der Waals surface area contributed by atoms with Crippen molar-refractivity contribution in [3.63, 3.8) is 0 Å². The van der Waals surface area contributed by atoms with E-state index >= 15 is 0 Å². The lowest BCUT2D eigenvalue weighted by atomic mass is 10.4. The molecule has 70 valence electrons. The summed E-state index contributed by atoms with van der Waals surface area (Å²) in [5.41, 5.74) is 0. The molecule has 0 saturated heterocycles. The Bertz CT molecular complexity index is 223. The zero-order chi connectivity index (χ0) is 9.03. The van der Waals surface area contributed by atoms with Gasteiger partial charge >= 0.3 is 7.82 Å². The molecule has 0 spiro atoms. The lowest BCUT2D eigenvalue weighted by molar-refractivity contribution is -0.0372. The summed E-state index contributed by atoms with van der Waals surface area (Å²) in [4.78, 5) is 0. The average Bonchev–Trinajstić information content (AvgIpc) is 2.57. The normalized spacial score (nSPS) is 21.7. The van der Waals surface area contributed by atoms with Crippen molar-refractivity contribution in [2.24, 2.45) is 0 Å². The van der Waals surface area contributed by atoms with Crippen LogP contribution in [0.2, 0.25) is 0 Å². The van der Waals surface area contributed by atoms with Crippen LogP contribution in [0.4, 0.5) is 4.53 Å². The number of hydrogen-bond acceptors (Lipinski definition) is 4. The van der Waals surface area contributed by atoms with Crippen molar-refractivity contribution in [3.8, 4) is 0 Å². The van der Waals surface area contributed by atoms with Gasteiger partial charge in [-0.3, -0.25) is 0 Å². The van der Waals surface area contributed by atoms with E-state index in [2.05, 4.69) is 29.1 Å². The van der Waals surface area contributed by atoms with Crippen LogP contribution in [0.15, 0.2) is 11.8 Å². The molecule has 0 aromatic carbocycles. The molecule has 0 aliphatic heterocycles. The number of phosphoric acid groups is 1. The van der Waals surface area contributed by atoms with Gasteiger partial charge in [0.05, 0.1) is 0 Å². The van der Waals surface area contributed by atoms with Crippen LogP contribution in [0.25, 0.3) is 0 Å². The molecule has 4 nitrogen and oxygen atoms in total. The van der Waals surface area contributed by atoms with Crippen molar-refractivity contribution < 1.29 is 22.0 Å². The lowest BCUT2D eigenvalue weighted by Crippen LogP contribution is -1.89. The first-order valence-electron chi connectivity index (χ1n) is 3.29. The van der Waals surface area contributed by atoms with Gasteiger partial charge < -0.3 is 4.52 Å². The predicted molar refractivity (Wildman–Crippen MR) is 42.8 cm³/mol. The maximum absolute atomic E-state index is 11.6. The molecule has 1 rings (SSSR count). The summed E-state index contributed by atoms with van der Waals surface area (Å²) in [6.07, 6.45) is 4.09. The molecular formula is C5H7BrFO4P. The van der Waals surface area contributed by atoms with Gasteiger partial charge in [0.1, 0.15) is 22.0 Å². The first kappa shape index (κ1) is 10.2. The van der Waals surface area contributed by atoms with Crippen LogP contribution < -0.4 is 0 Å². The Morgan fingerprint density at radius 2 is 2.42 bits per heavy atom. The van der Waals surface area contributed by atoms with Crippen molar-refractivity contribution in [1.82, 2.24) is 0 Å². The van der Waals surface area contributed by atoms with Crippen molar-refractivity contribution in [2.75, 3.05) is 0 Å². The first-order chi connectivity index (χ1) is 5.70. The predicted octanol–water partition coefficient (Wildman–Crippen LogP) is 3.41. The van der Waals surface area contributed by atoms with Gasteiger partial charge in [-0.15, -0.1) is 0 Å². The second-order valence-electron chi connectivity index (χ2n) is 2.24. The van der Waals surface area contributed by atoms with Crippen molar-refractivity contribution >= 4 is 24.1 Å². The molecule has 1 aliphatic carbocycles. The molecule has 0 amide bonds. The van der Waals surface area contributed by atoms with Crippen molar-refractivity contribution in [1.29, 1.82) is 0 Å². The molecule has 12 heavy (non-hydrogen) atoms. The van der Waals surface area contributed by atoms with Gasteiger partial charge in [-0.2, -0.15) is 3.62 Å². The smallest absolute Gasteiger partial charge is 0.407 e. The number of hydrogen-bond donors (Lipinski definition) is 0. The molecule has 0 saturated carbocycles. The highest BCUT2D eigenvalue weighted by Crippen LogP contribution is 2.54. The second kappa shape index (κ2) is 4.37. The molecule has 0 N–H and O–H groups in total. The summed E-state index contributed by atoms with van der Waals surface area (Å²) in [6, 6.07) is 0. The highest BCUT2D eigenvalue weighted by Gasteiger charge is 2.31. The van der Waals surface area contributed by atoms with Gasteiger partial charge in [-0.1, -0.05) is 4.73 Å². The largest absolute Gasteiger partial charge is 0.572 e. The first-order valence-corrected chi connectivity index (χ1v) is 5.40. The average molecular weight is 261 g/mol. The molecule has 0 aromatic heterocycles. The van der Waals surface area contributed by atoms with E-state index in [0.717, 1.165) is 12.8 Å². The molecule has 0 aromatic rings. The van der Waals surface area contributed by atoms with E-state index in [9.17, 15) is 9.09 Å². The molecule has 1 atom stereocenters. The third-order valence-electron chi connectivity index (χ3n) is 1.40. The molecule has 1 unspecified atom stereocenters. The summed E-state index contributed by atoms with van der Waals surface area (Å²) < 4.78 is 34.4. The third kappa shape index (κ3) is 2.55. The minimum absolute atomic E-state index is 0.440. The van der Waals surface area contributed by atoms with Crippen LogP contribution in [-0.2, 0) is 17.4 Å². The topological polar surface area (TPSA) is 44.8 Å². The maximum atomic E-state index is 11.6. The molecule has 0 radical (unpaired) electrons. The van der Waals surface area contributed by atoms with Crippen LogP contribution in [0.5, 0.6) is 0 Å². The van der Waals surface area contributed by atoms with Gasteiger partial charge in [0.25, 0.3) is 0 Å². The number of rotatable bonds is 4. The molecule has 0 fully saturated rings. The SMILES string of the molecule is O=P(OF)(OBr)OC1=CCCC1. The van der Waals surface area contributed by atoms with E-state index in [4.69, 9.17) is 0 Å². The summed E-state index contributed by atoms with van der Waals surface area (Å²) in [6.45, 7) is 0. The quantitative estimate of drug-likeness (QED) is 0.727. The Kier molecular flexibility index (Phi) is 3.71. The fourth-order valence-electron chi connectivity index (χ4n) is 0.907. The molecular weight excluding hydrogens is 254 g/mol. The summed E-state index contributed by atoms with van der Waals surface area (Å²) in [7, 11) is -4.05. The Morgan fingerprint density at radius 3 is 2.83 bits per heavy atom. The van der Waals surface area contributed by atoms with E-state index in [0.29, 0.717) is 12.2 Å². The Hall–Kier alpha value is 0.1000. The summed E-state index contributed by atoms with van der Waals surface area (Å²) in [5.74, 6) is 0.440. The van der Waals surface area contributed by atoms with E-state index < -0.39 is 7.82 Å². The number of halogens is 2. The van der Waals surface area contributed by atoms with E-state index in [-0.39, 0.29) is 0 Å². The molecule has 7 heteroatoms. The molecule has 0 heterocycles. The Labute approximate surface area is 77.7 Å². The second-order valence-corrected chi connectivity index (χ2v) is 4.46.